The maximum atomic E-state index is 12.8. The number of esters is 1. The van der Waals surface area contributed by atoms with E-state index >= 15 is 0 Å². The number of carbonyl (C=O) groups is 2. The van der Waals surface area contributed by atoms with Gasteiger partial charge in [0.25, 0.3) is 0 Å². The van der Waals surface area contributed by atoms with Crippen molar-refractivity contribution in [3.05, 3.63) is 17.0 Å². The third kappa shape index (κ3) is 3.86. The van der Waals surface area contributed by atoms with Crippen LogP contribution in [0.25, 0.3) is 0 Å². The smallest absolute Gasteiger partial charge is 0.333 e. The highest BCUT2D eigenvalue weighted by atomic mass is 19.3. The number of aryl methyl sites for hydroxylation is 1. The molecule has 1 aromatic rings. The van der Waals surface area contributed by atoms with E-state index in [-0.39, 0.29) is 30.3 Å². The Bertz CT molecular complexity index is 601. The Kier molecular flexibility index (Phi) is 5.33. The van der Waals surface area contributed by atoms with Gasteiger partial charge in [0, 0.05) is 17.3 Å². The summed E-state index contributed by atoms with van der Waals surface area (Å²) >= 11 is 0. The number of hydrogen-bond donors (Lipinski definition) is 1. The average Bonchev–Trinajstić information content (AvgIpc) is 3.06. The van der Waals surface area contributed by atoms with E-state index in [4.69, 9.17) is 4.74 Å². The number of nitrogens with one attached hydrogen (secondary N) is 1. The minimum absolute atomic E-state index is 0.00375. The Morgan fingerprint density at radius 3 is 2.65 bits per heavy atom. The monoisotopic (exact) mass is 329 g/mol. The molecular formula is C15H21F2N3O3. The minimum atomic E-state index is -2.72. The van der Waals surface area contributed by atoms with Gasteiger partial charge in [-0.3, -0.25) is 9.59 Å². The molecule has 128 valence electrons. The standard InChI is InChI=1S/C15H21F2N3O3/c1-8-12(9(2)20(19-8)15(16)17)7-13(21)18-11-5-4-10(6-11)14(22)23-3/h10-11,15H,4-7H2,1-3H3,(H,18,21). The zero-order valence-corrected chi connectivity index (χ0v) is 13.4. The number of carbonyl (C=O) groups excluding carboxylic acids is 2. The Labute approximate surface area is 133 Å². The lowest BCUT2D eigenvalue weighted by Gasteiger charge is -2.13. The summed E-state index contributed by atoms with van der Waals surface area (Å²) in [6.07, 6.45) is 1.94. The molecule has 0 aliphatic heterocycles. The molecule has 0 spiro atoms. The van der Waals surface area contributed by atoms with Crippen molar-refractivity contribution in [2.75, 3.05) is 7.11 Å². The number of methoxy groups -OCH3 is 1. The van der Waals surface area contributed by atoms with Crippen LogP contribution in [0.1, 0.15) is 42.8 Å². The number of halogens is 2. The number of hydrogen-bond acceptors (Lipinski definition) is 4. The first-order chi connectivity index (χ1) is 10.8. The van der Waals surface area contributed by atoms with E-state index in [1.165, 1.54) is 14.0 Å². The molecule has 1 aliphatic rings. The molecule has 8 heteroatoms. The van der Waals surface area contributed by atoms with Gasteiger partial charge in [-0.2, -0.15) is 13.9 Å². The van der Waals surface area contributed by atoms with Gasteiger partial charge in [0.05, 0.1) is 25.1 Å². The zero-order valence-electron chi connectivity index (χ0n) is 13.4. The minimum Gasteiger partial charge on any atom is -0.469 e. The lowest BCUT2D eigenvalue weighted by atomic mass is 10.1. The Balaban J connectivity index is 1.95. The quantitative estimate of drug-likeness (QED) is 0.837. The Morgan fingerprint density at radius 1 is 1.39 bits per heavy atom. The van der Waals surface area contributed by atoms with E-state index in [0.717, 1.165) is 0 Å². The number of ether oxygens (including phenoxy) is 1. The second-order valence-corrected chi connectivity index (χ2v) is 5.85. The van der Waals surface area contributed by atoms with Crippen molar-refractivity contribution < 1.29 is 23.1 Å². The van der Waals surface area contributed by atoms with Gasteiger partial charge in [-0.15, -0.1) is 0 Å². The molecular weight excluding hydrogens is 308 g/mol. The lowest BCUT2D eigenvalue weighted by Crippen LogP contribution is -2.34. The average molecular weight is 329 g/mol. The van der Waals surface area contributed by atoms with Gasteiger partial charge in [-0.05, 0) is 33.1 Å². The van der Waals surface area contributed by atoms with Crippen LogP contribution in [0, 0.1) is 19.8 Å². The van der Waals surface area contributed by atoms with Crippen molar-refractivity contribution >= 4 is 11.9 Å². The molecule has 1 aromatic heterocycles. The van der Waals surface area contributed by atoms with E-state index in [2.05, 4.69) is 10.4 Å². The van der Waals surface area contributed by atoms with Gasteiger partial charge >= 0.3 is 12.5 Å². The van der Waals surface area contributed by atoms with Gasteiger partial charge in [0.15, 0.2) is 0 Å². The summed E-state index contributed by atoms with van der Waals surface area (Å²) in [5, 5.41) is 6.62. The number of amides is 1. The maximum absolute atomic E-state index is 12.8. The molecule has 2 atom stereocenters. The molecule has 1 N–H and O–H groups in total. The molecule has 6 nitrogen and oxygen atoms in total. The van der Waals surface area contributed by atoms with Crippen LogP contribution in [0.3, 0.4) is 0 Å². The predicted molar refractivity (Wildman–Crippen MR) is 77.9 cm³/mol. The number of aromatic nitrogens is 2. The molecule has 0 bridgehead atoms. The van der Waals surface area contributed by atoms with Crippen LogP contribution in [-0.4, -0.2) is 34.8 Å². The van der Waals surface area contributed by atoms with Crippen LogP contribution in [0.4, 0.5) is 8.78 Å². The molecule has 0 aromatic carbocycles. The third-order valence-corrected chi connectivity index (χ3v) is 4.33. The Morgan fingerprint density at radius 2 is 2.09 bits per heavy atom. The summed E-state index contributed by atoms with van der Waals surface area (Å²) in [7, 11) is 1.35. The van der Waals surface area contributed by atoms with Crippen LogP contribution in [0.5, 0.6) is 0 Å². The SMILES string of the molecule is COC(=O)C1CCC(NC(=O)Cc2c(C)nn(C(F)F)c2C)C1. The molecule has 1 aliphatic carbocycles. The summed E-state index contributed by atoms with van der Waals surface area (Å²) in [6.45, 7) is 0.413. The van der Waals surface area contributed by atoms with Gasteiger partial charge in [0.2, 0.25) is 5.91 Å². The largest absolute Gasteiger partial charge is 0.469 e. The summed E-state index contributed by atoms with van der Waals surface area (Å²) in [5.74, 6) is -0.692. The number of alkyl halides is 2. The van der Waals surface area contributed by atoms with Crippen molar-refractivity contribution in [3.8, 4) is 0 Å². The molecule has 1 heterocycles. The maximum Gasteiger partial charge on any atom is 0.333 e. The van der Waals surface area contributed by atoms with Crippen molar-refractivity contribution in [1.29, 1.82) is 0 Å². The summed E-state index contributed by atoms with van der Waals surface area (Å²) in [6, 6.07) is -0.0858. The first-order valence-corrected chi connectivity index (χ1v) is 7.53. The normalized spacial score (nSPS) is 20.8. The summed E-state index contributed by atoms with van der Waals surface area (Å²) in [5.41, 5.74) is 1.24. The highest BCUT2D eigenvalue weighted by Gasteiger charge is 2.31. The fraction of sp³-hybridized carbons (Fsp3) is 0.667. The van der Waals surface area contributed by atoms with E-state index in [9.17, 15) is 18.4 Å². The highest BCUT2D eigenvalue weighted by Crippen LogP contribution is 2.27. The van der Waals surface area contributed by atoms with E-state index in [1.54, 1.807) is 6.92 Å². The second-order valence-electron chi connectivity index (χ2n) is 5.85. The third-order valence-electron chi connectivity index (χ3n) is 4.33. The summed E-state index contributed by atoms with van der Waals surface area (Å²) < 4.78 is 30.9. The molecule has 2 unspecified atom stereocenters. The van der Waals surface area contributed by atoms with Crippen molar-refractivity contribution in [1.82, 2.24) is 15.1 Å². The van der Waals surface area contributed by atoms with Crippen LogP contribution in [-0.2, 0) is 20.7 Å². The van der Waals surface area contributed by atoms with Gasteiger partial charge in [0.1, 0.15) is 0 Å². The van der Waals surface area contributed by atoms with Gasteiger partial charge in [-0.1, -0.05) is 0 Å². The lowest BCUT2D eigenvalue weighted by molar-refractivity contribution is -0.145. The Hall–Kier alpha value is -1.99. The molecule has 1 saturated carbocycles. The number of nitrogens with zero attached hydrogens (tertiary/aromatic N) is 2. The van der Waals surface area contributed by atoms with E-state index < -0.39 is 6.55 Å². The van der Waals surface area contributed by atoms with Crippen molar-refractivity contribution in [3.63, 3.8) is 0 Å². The van der Waals surface area contributed by atoms with Crippen LogP contribution >= 0.6 is 0 Å². The first-order valence-electron chi connectivity index (χ1n) is 7.53. The first kappa shape index (κ1) is 17.4. The van der Waals surface area contributed by atoms with Gasteiger partial charge in [-0.25, -0.2) is 4.68 Å². The second kappa shape index (κ2) is 7.06. The fourth-order valence-corrected chi connectivity index (χ4v) is 3.08. The van der Waals surface area contributed by atoms with Crippen LogP contribution < -0.4 is 5.32 Å². The fourth-order valence-electron chi connectivity index (χ4n) is 3.08. The highest BCUT2D eigenvalue weighted by molar-refractivity contribution is 5.79. The van der Waals surface area contributed by atoms with Crippen molar-refractivity contribution in [2.24, 2.45) is 5.92 Å². The zero-order chi connectivity index (χ0) is 17.1. The van der Waals surface area contributed by atoms with Gasteiger partial charge < -0.3 is 10.1 Å². The molecule has 23 heavy (non-hydrogen) atoms. The number of rotatable bonds is 5. The topological polar surface area (TPSA) is 73.2 Å². The molecule has 2 rings (SSSR count). The predicted octanol–water partition coefficient (Wildman–Crippen LogP) is 1.90. The molecule has 0 radical (unpaired) electrons. The van der Waals surface area contributed by atoms with Crippen molar-refractivity contribution in [2.45, 2.75) is 52.1 Å². The van der Waals surface area contributed by atoms with E-state index in [1.807, 2.05) is 0 Å². The van der Waals surface area contributed by atoms with Crippen LogP contribution in [0.2, 0.25) is 0 Å². The molecule has 1 amide bonds. The molecule has 0 saturated heterocycles. The summed E-state index contributed by atoms with van der Waals surface area (Å²) in [4.78, 5) is 23.6. The van der Waals surface area contributed by atoms with E-state index in [0.29, 0.717) is 40.9 Å². The molecule has 1 fully saturated rings. The van der Waals surface area contributed by atoms with Crippen LogP contribution in [0.15, 0.2) is 0 Å².